The summed E-state index contributed by atoms with van der Waals surface area (Å²) in [6.07, 6.45) is 2.62. The molecule has 0 nitrogen and oxygen atoms in total. The van der Waals surface area contributed by atoms with Gasteiger partial charge >= 0.3 is 0 Å². The van der Waals surface area contributed by atoms with Crippen LogP contribution in [0.4, 0.5) is 0 Å². The molecule has 0 N–H and O–H groups in total. The van der Waals surface area contributed by atoms with Gasteiger partial charge in [0.2, 0.25) is 0 Å². The fourth-order valence-corrected chi connectivity index (χ4v) is 2.71. The molecular formula is C12H22S. The van der Waals surface area contributed by atoms with Gasteiger partial charge in [-0.25, -0.2) is 0 Å². The van der Waals surface area contributed by atoms with Crippen molar-refractivity contribution >= 4 is 12.6 Å². The van der Waals surface area contributed by atoms with Crippen LogP contribution >= 0.6 is 12.6 Å². The Kier molecular flexibility index (Phi) is 3.16. The Balaban J connectivity index is 2.96. The smallest absolute Gasteiger partial charge is 0.00539 e. The Morgan fingerprint density at radius 3 is 2.38 bits per heavy atom. The summed E-state index contributed by atoms with van der Waals surface area (Å²) in [7, 11) is 0. The van der Waals surface area contributed by atoms with Gasteiger partial charge in [0, 0.05) is 5.25 Å². The molecule has 0 fully saturated rings. The topological polar surface area (TPSA) is 0 Å². The molecule has 0 unspecified atom stereocenters. The van der Waals surface area contributed by atoms with Crippen LogP contribution in [0.3, 0.4) is 0 Å². The fourth-order valence-electron chi connectivity index (χ4n) is 2.34. The fraction of sp³-hybridized carbons (Fsp3) is 0.833. The van der Waals surface area contributed by atoms with Crippen molar-refractivity contribution < 1.29 is 0 Å². The van der Waals surface area contributed by atoms with Crippen LogP contribution in [0.25, 0.3) is 0 Å². The van der Waals surface area contributed by atoms with Gasteiger partial charge in [0.15, 0.2) is 0 Å². The van der Waals surface area contributed by atoms with E-state index in [1.54, 1.807) is 11.1 Å². The van der Waals surface area contributed by atoms with Gasteiger partial charge in [0.25, 0.3) is 0 Å². The second-order valence-corrected chi connectivity index (χ2v) is 5.89. The minimum Gasteiger partial charge on any atom is -0.176 e. The monoisotopic (exact) mass is 198 g/mol. The number of hydrogen-bond acceptors (Lipinski definition) is 1. The van der Waals surface area contributed by atoms with Crippen molar-refractivity contribution in [1.82, 2.24) is 0 Å². The van der Waals surface area contributed by atoms with Crippen molar-refractivity contribution in [3.8, 4) is 0 Å². The van der Waals surface area contributed by atoms with Crippen molar-refractivity contribution in [2.24, 2.45) is 11.3 Å². The predicted molar refractivity (Wildman–Crippen MR) is 63.3 cm³/mol. The van der Waals surface area contributed by atoms with Gasteiger partial charge in [0.05, 0.1) is 0 Å². The molecule has 0 radical (unpaired) electrons. The highest BCUT2D eigenvalue weighted by Gasteiger charge is 2.31. The maximum Gasteiger partial charge on any atom is 0.00539 e. The number of rotatable bonds is 1. The minimum absolute atomic E-state index is 0.420. The van der Waals surface area contributed by atoms with Crippen molar-refractivity contribution in [1.29, 1.82) is 0 Å². The summed E-state index contributed by atoms with van der Waals surface area (Å²) in [5.74, 6) is 0.705. The Hall–Kier alpha value is 0.0900. The standard InChI is InChI=1S/C12H22S/c1-8-9(2)12(4,5)7-6-11(8)10(3)13/h10-11,13H,6-7H2,1-5H3/t10-,11-/m1/s1. The van der Waals surface area contributed by atoms with E-state index in [-0.39, 0.29) is 0 Å². The third kappa shape index (κ3) is 2.12. The van der Waals surface area contributed by atoms with Crippen molar-refractivity contribution in [2.45, 2.75) is 52.7 Å². The third-order valence-electron chi connectivity index (χ3n) is 3.83. The predicted octanol–water partition coefficient (Wildman–Crippen LogP) is 4.08. The highest BCUT2D eigenvalue weighted by atomic mass is 32.1. The van der Waals surface area contributed by atoms with Crippen LogP contribution in [0.2, 0.25) is 0 Å². The molecule has 1 heteroatoms. The summed E-state index contributed by atoms with van der Waals surface area (Å²) in [6, 6.07) is 0. The molecule has 0 aromatic heterocycles. The van der Waals surface area contributed by atoms with Crippen LogP contribution in [0.1, 0.15) is 47.5 Å². The molecule has 0 heterocycles. The molecule has 0 saturated carbocycles. The number of thiol groups is 1. The molecule has 1 aliphatic rings. The highest BCUT2D eigenvalue weighted by Crippen LogP contribution is 2.44. The van der Waals surface area contributed by atoms with Crippen LogP contribution in [0.5, 0.6) is 0 Å². The van der Waals surface area contributed by atoms with Gasteiger partial charge in [-0.1, -0.05) is 31.9 Å². The van der Waals surface area contributed by atoms with E-state index in [1.807, 2.05) is 0 Å². The zero-order chi connectivity index (χ0) is 10.2. The molecule has 76 valence electrons. The van der Waals surface area contributed by atoms with Gasteiger partial charge in [-0.2, -0.15) is 12.6 Å². The van der Waals surface area contributed by atoms with E-state index in [1.165, 1.54) is 12.8 Å². The summed E-state index contributed by atoms with van der Waals surface area (Å²) in [5.41, 5.74) is 3.59. The molecule has 0 aromatic rings. The van der Waals surface area contributed by atoms with E-state index in [0.717, 1.165) is 0 Å². The molecule has 13 heavy (non-hydrogen) atoms. The lowest BCUT2D eigenvalue weighted by Crippen LogP contribution is -2.27. The summed E-state index contributed by atoms with van der Waals surface area (Å²) in [6.45, 7) is 11.5. The Bertz CT molecular complexity index is 223. The van der Waals surface area contributed by atoms with Crippen molar-refractivity contribution in [3.63, 3.8) is 0 Å². The van der Waals surface area contributed by atoms with Gasteiger partial charge < -0.3 is 0 Å². The first-order valence-electron chi connectivity index (χ1n) is 5.22. The van der Waals surface area contributed by atoms with Crippen LogP contribution < -0.4 is 0 Å². The molecule has 0 aromatic carbocycles. The minimum atomic E-state index is 0.420. The quantitative estimate of drug-likeness (QED) is 0.476. The van der Waals surface area contributed by atoms with E-state index < -0.39 is 0 Å². The SMILES string of the molecule is CC1=C(C)C(C)(C)CC[C@H]1[C@@H](C)S. The van der Waals surface area contributed by atoms with E-state index >= 15 is 0 Å². The maximum absolute atomic E-state index is 4.56. The number of allylic oxidation sites excluding steroid dienone is 2. The third-order valence-corrected chi connectivity index (χ3v) is 4.19. The lowest BCUT2D eigenvalue weighted by molar-refractivity contribution is 0.321. The van der Waals surface area contributed by atoms with Gasteiger partial charge in [0.1, 0.15) is 0 Å². The Morgan fingerprint density at radius 2 is 1.92 bits per heavy atom. The van der Waals surface area contributed by atoms with Crippen LogP contribution in [0.15, 0.2) is 11.1 Å². The summed E-state index contributed by atoms with van der Waals surface area (Å²) >= 11 is 4.56. The Morgan fingerprint density at radius 1 is 1.38 bits per heavy atom. The zero-order valence-electron chi connectivity index (χ0n) is 9.52. The second-order valence-electron chi connectivity index (χ2n) is 5.08. The average molecular weight is 198 g/mol. The summed E-state index contributed by atoms with van der Waals surface area (Å²) in [4.78, 5) is 0. The van der Waals surface area contributed by atoms with Gasteiger partial charge in [-0.05, 0) is 38.0 Å². The van der Waals surface area contributed by atoms with Crippen LogP contribution in [-0.2, 0) is 0 Å². The second kappa shape index (κ2) is 3.68. The van der Waals surface area contributed by atoms with Crippen LogP contribution in [-0.4, -0.2) is 5.25 Å². The van der Waals surface area contributed by atoms with Gasteiger partial charge in [-0.3, -0.25) is 0 Å². The molecule has 1 rings (SSSR count). The van der Waals surface area contributed by atoms with Crippen LogP contribution in [0, 0.1) is 11.3 Å². The summed E-state index contributed by atoms with van der Waals surface area (Å²) in [5, 5.41) is 0.506. The van der Waals surface area contributed by atoms with Crippen molar-refractivity contribution in [3.05, 3.63) is 11.1 Å². The first-order chi connectivity index (χ1) is 5.86. The van der Waals surface area contributed by atoms with E-state index in [0.29, 0.717) is 16.6 Å². The average Bonchev–Trinajstić information content (AvgIpc) is 2.00. The molecule has 1 aliphatic carbocycles. The normalized spacial score (nSPS) is 30.5. The first kappa shape index (κ1) is 11.2. The Labute approximate surface area is 88.2 Å². The molecule has 0 amide bonds. The van der Waals surface area contributed by atoms with E-state index in [9.17, 15) is 0 Å². The molecule has 2 atom stereocenters. The lowest BCUT2D eigenvalue weighted by Gasteiger charge is -2.38. The largest absolute Gasteiger partial charge is 0.176 e. The van der Waals surface area contributed by atoms with E-state index in [2.05, 4.69) is 47.2 Å². The molecule has 0 bridgehead atoms. The first-order valence-corrected chi connectivity index (χ1v) is 5.74. The molecule has 0 aliphatic heterocycles. The van der Waals surface area contributed by atoms with Crippen molar-refractivity contribution in [2.75, 3.05) is 0 Å². The zero-order valence-corrected chi connectivity index (χ0v) is 10.4. The lowest BCUT2D eigenvalue weighted by atomic mass is 9.69. The highest BCUT2D eigenvalue weighted by molar-refractivity contribution is 7.80. The molecule has 0 saturated heterocycles. The van der Waals surface area contributed by atoms with E-state index in [4.69, 9.17) is 0 Å². The summed E-state index contributed by atoms with van der Waals surface area (Å²) < 4.78 is 0. The molecule has 0 spiro atoms. The maximum atomic E-state index is 4.56. The molecular weight excluding hydrogens is 176 g/mol. The number of hydrogen-bond donors (Lipinski definition) is 1. The van der Waals surface area contributed by atoms with Gasteiger partial charge in [-0.15, -0.1) is 0 Å².